The summed E-state index contributed by atoms with van der Waals surface area (Å²) in [6.45, 7) is 8.29. The molecule has 5 nitrogen and oxygen atoms in total. The van der Waals surface area contributed by atoms with Crippen LogP contribution in [0.1, 0.15) is 45.7 Å². The van der Waals surface area contributed by atoms with E-state index >= 15 is 0 Å². The topological polar surface area (TPSA) is 73.6 Å². The van der Waals surface area contributed by atoms with Crippen LogP contribution < -0.4 is 20.5 Å². The van der Waals surface area contributed by atoms with Gasteiger partial charge in [0, 0.05) is 12.5 Å². The summed E-state index contributed by atoms with van der Waals surface area (Å²) >= 11 is 0. The van der Waals surface area contributed by atoms with Gasteiger partial charge >= 0.3 is 0 Å². The molecule has 1 aromatic rings. The maximum Gasteiger partial charge on any atom is 0.231 e. The second kappa shape index (κ2) is 5.93. The summed E-state index contributed by atoms with van der Waals surface area (Å²) in [7, 11) is 0. The Morgan fingerprint density at radius 1 is 1.33 bits per heavy atom. The quantitative estimate of drug-likeness (QED) is 0.893. The number of nitrogens with two attached hydrogens (primary N) is 1. The Morgan fingerprint density at radius 3 is 2.67 bits per heavy atom. The van der Waals surface area contributed by atoms with Crippen molar-refractivity contribution >= 4 is 5.91 Å². The monoisotopic (exact) mass is 292 g/mol. The smallest absolute Gasteiger partial charge is 0.231 e. The summed E-state index contributed by atoms with van der Waals surface area (Å²) < 4.78 is 10.6. The molecular weight excluding hydrogens is 268 g/mol. The van der Waals surface area contributed by atoms with Crippen LogP contribution in [0.25, 0.3) is 0 Å². The van der Waals surface area contributed by atoms with Crippen molar-refractivity contribution in [2.75, 3.05) is 6.79 Å². The van der Waals surface area contributed by atoms with E-state index in [1.54, 1.807) is 0 Å². The second-order valence-electron chi connectivity index (χ2n) is 6.58. The molecular formula is C16H24N2O3. The van der Waals surface area contributed by atoms with E-state index in [1.165, 1.54) is 0 Å². The molecule has 5 heteroatoms. The summed E-state index contributed by atoms with van der Waals surface area (Å²) in [6.07, 6.45) is 0.318. The summed E-state index contributed by atoms with van der Waals surface area (Å²) in [4.78, 5) is 12.1. The Balaban J connectivity index is 1.95. The van der Waals surface area contributed by atoms with E-state index in [1.807, 2.05) is 45.9 Å². The lowest BCUT2D eigenvalue weighted by molar-refractivity contribution is -0.122. The highest BCUT2D eigenvalue weighted by molar-refractivity contribution is 5.77. The van der Waals surface area contributed by atoms with Gasteiger partial charge in [-0.15, -0.1) is 0 Å². The molecule has 1 aromatic carbocycles. The van der Waals surface area contributed by atoms with Crippen molar-refractivity contribution in [1.29, 1.82) is 0 Å². The van der Waals surface area contributed by atoms with Gasteiger partial charge < -0.3 is 20.5 Å². The molecule has 2 atom stereocenters. The van der Waals surface area contributed by atoms with Gasteiger partial charge in [-0.05, 0) is 30.0 Å². The molecule has 1 aliphatic rings. The highest BCUT2D eigenvalue weighted by Gasteiger charge is 2.24. The standard InChI is InChI=1S/C16H24N2O3/c1-10(18-15(19)8-14(17)16(2,3)4)11-5-6-12-13(7-11)21-9-20-12/h5-7,10,14H,8-9,17H2,1-4H3,(H,18,19). The first-order valence-corrected chi connectivity index (χ1v) is 7.22. The zero-order chi connectivity index (χ0) is 15.6. The lowest BCUT2D eigenvalue weighted by Crippen LogP contribution is -2.40. The van der Waals surface area contributed by atoms with Gasteiger partial charge in [0.25, 0.3) is 0 Å². The van der Waals surface area contributed by atoms with Crippen LogP contribution in [0.2, 0.25) is 0 Å². The van der Waals surface area contributed by atoms with Gasteiger partial charge in [-0.1, -0.05) is 26.8 Å². The first-order chi connectivity index (χ1) is 9.77. The van der Waals surface area contributed by atoms with Gasteiger partial charge in [-0.2, -0.15) is 0 Å². The average Bonchev–Trinajstić information content (AvgIpc) is 2.84. The van der Waals surface area contributed by atoms with E-state index in [0.29, 0.717) is 6.42 Å². The zero-order valence-corrected chi connectivity index (χ0v) is 13.1. The van der Waals surface area contributed by atoms with Crippen LogP contribution in [0.5, 0.6) is 11.5 Å². The minimum absolute atomic E-state index is 0.0393. The van der Waals surface area contributed by atoms with Crippen LogP contribution in [0.4, 0.5) is 0 Å². The third-order valence-corrected chi connectivity index (χ3v) is 3.79. The number of hydrogen-bond donors (Lipinski definition) is 2. The van der Waals surface area contributed by atoms with Gasteiger partial charge in [-0.25, -0.2) is 0 Å². The molecule has 0 bridgehead atoms. The molecule has 2 rings (SSSR count). The molecule has 3 N–H and O–H groups in total. The molecule has 1 amide bonds. The van der Waals surface area contributed by atoms with E-state index in [-0.39, 0.29) is 30.2 Å². The molecule has 0 fully saturated rings. The maximum absolute atomic E-state index is 12.1. The largest absolute Gasteiger partial charge is 0.454 e. The average molecular weight is 292 g/mol. The van der Waals surface area contributed by atoms with Gasteiger partial charge in [0.05, 0.1) is 6.04 Å². The van der Waals surface area contributed by atoms with Crippen LogP contribution in [0, 0.1) is 5.41 Å². The van der Waals surface area contributed by atoms with E-state index < -0.39 is 0 Å². The molecule has 0 radical (unpaired) electrons. The Kier molecular flexibility index (Phi) is 4.42. The predicted octanol–water partition coefficient (Wildman–Crippen LogP) is 2.36. The van der Waals surface area contributed by atoms with Crippen molar-refractivity contribution < 1.29 is 14.3 Å². The van der Waals surface area contributed by atoms with Gasteiger partial charge in [0.1, 0.15) is 0 Å². The third kappa shape index (κ3) is 3.88. The SMILES string of the molecule is CC(NC(=O)CC(N)C(C)(C)C)c1ccc2c(c1)OCO2. The highest BCUT2D eigenvalue weighted by Crippen LogP contribution is 2.34. The zero-order valence-electron chi connectivity index (χ0n) is 13.1. The van der Waals surface area contributed by atoms with Crippen molar-refractivity contribution in [1.82, 2.24) is 5.32 Å². The van der Waals surface area contributed by atoms with Crippen LogP contribution in [-0.4, -0.2) is 18.7 Å². The van der Waals surface area contributed by atoms with Gasteiger partial charge in [-0.3, -0.25) is 4.79 Å². The number of amides is 1. The fraction of sp³-hybridized carbons (Fsp3) is 0.562. The molecule has 1 aliphatic heterocycles. The summed E-state index contributed by atoms with van der Waals surface area (Å²) in [5.74, 6) is 1.43. The summed E-state index contributed by atoms with van der Waals surface area (Å²) in [6, 6.07) is 5.43. The van der Waals surface area contributed by atoms with E-state index in [0.717, 1.165) is 17.1 Å². The number of carbonyl (C=O) groups is 1. The van der Waals surface area contributed by atoms with Crippen molar-refractivity contribution in [2.45, 2.75) is 46.2 Å². The highest BCUT2D eigenvalue weighted by atomic mass is 16.7. The molecule has 0 aliphatic carbocycles. The Bertz CT molecular complexity index is 523. The molecule has 21 heavy (non-hydrogen) atoms. The van der Waals surface area contributed by atoms with Crippen molar-refractivity contribution in [3.05, 3.63) is 23.8 Å². The number of ether oxygens (including phenoxy) is 2. The molecule has 0 saturated carbocycles. The first-order valence-electron chi connectivity index (χ1n) is 7.22. The molecule has 1 heterocycles. The number of carbonyl (C=O) groups excluding carboxylic acids is 1. The summed E-state index contributed by atoms with van der Waals surface area (Å²) in [5, 5.41) is 2.98. The number of nitrogens with one attached hydrogen (secondary N) is 1. The maximum atomic E-state index is 12.1. The van der Waals surface area contributed by atoms with Crippen molar-refractivity contribution in [3.63, 3.8) is 0 Å². The van der Waals surface area contributed by atoms with Crippen LogP contribution in [0.15, 0.2) is 18.2 Å². The molecule has 0 saturated heterocycles. The van der Waals surface area contributed by atoms with Crippen LogP contribution in [-0.2, 0) is 4.79 Å². The van der Waals surface area contributed by atoms with E-state index in [2.05, 4.69) is 5.32 Å². The number of fused-ring (bicyclic) bond motifs is 1. The Labute approximate surface area is 125 Å². The fourth-order valence-electron chi connectivity index (χ4n) is 2.07. The minimum Gasteiger partial charge on any atom is -0.454 e. The van der Waals surface area contributed by atoms with Crippen molar-refractivity contribution in [3.8, 4) is 11.5 Å². The summed E-state index contributed by atoms with van der Waals surface area (Å²) in [5.41, 5.74) is 6.94. The predicted molar refractivity (Wildman–Crippen MR) is 81.2 cm³/mol. The minimum atomic E-state index is -0.165. The van der Waals surface area contributed by atoms with Crippen LogP contribution >= 0.6 is 0 Å². The lowest BCUT2D eigenvalue weighted by atomic mass is 9.85. The molecule has 116 valence electrons. The number of hydrogen-bond acceptors (Lipinski definition) is 4. The van der Waals surface area contributed by atoms with Crippen molar-refractivity contribution in [2.24, 2.45) is 11.1 Å². The van der Waals surface area contributed by atoms with E-state index in [9.17, 15) is 4.79 Å². The van der Waals surface area contributed by atoms with E-state index in [4.69, 9.17) is 15.2 Å². The van der Waals surface area contributed by atoms with Gasteiger partial charge in [0.2, 0.25) is 12.7 Å². The fourth-order valence-corrected chi connectivity index (χ4v) is 2.07. The third-order valence-electron chi connectivity index (χ3n) is 3.79. The number of rotatable bonds is 4. The molecule has 0 aromatic heterocycles. The Hall–Kier alpha value is -1.75. The first kappa shape index (κ1) is 15.6. The Morgan fingerprint density at radius 2 is 2.00 bits per heavy atom. The normalized spacial score (nSPS) is 16.4. The van der Waals surface area contributed by atoms with Gasteiger partial charge in [0.15, 0.2) is 11.5 Å². The molecule has 2 unspecified atom stereocenters. The lowest BCUT2D eigenvalue weighted by Gasteiger charge is -2.27. The number of benzene rings is 1. The van der Waals surface area contributed by atoms with Crippen LogP contribution in [0.3, 0.4) is 0 Å². The second-order valence-corrected chi connectivity index (χ2v) is 6.58. The molecule has 0 spiro atoms.